The predicted molar refractivity (Wildman–Crippen MR) is 51.0 cm³/mol. The molecule has 0 saturated carbocycles. The highest BCUT2D eigenvalue weighted by molar-refractivity contribution is 5.12. The second-order valence-corrected chi connectivity index (χ2v) is 3.42. The van der Waals surface area contributed by atoms with Crippen LogP contribution in [0.3, 0.4) is 0 Å². The van der Waals surface area contributed by atoms with Crippen LogP contribution in [0.25, 0.3) is 0 Å². The van der Waals surface area contributed by atoms with E-state index >= 15 is 0 Å². The van der Waals surface area contributed by atoms with E-state index in [0.29, 0.717) is 0 Å². The molecule has 0 amide bonds. The molecule has 1 fully saturated rings. The van der Waals surface area contributed by atoms with Gasteiger partial charge in [-0.3, -0.25) is 0 Å². The first kappa shape index (κ1) is 11.0. The summed E-state index contributed by atoms with van der Waals surface area (Å²) in [6.07, 6.45) is 2.34. The van der Waals surface area contributed by atoms with Gasteiger partial charge in [-0.25, -0.2) is 9.67 Å². The fraction of sp³-hybridized carbons (Fsp3) is 0.556. The van der Waals surface area contributed by atoms with Crippen molar-refractivity contribution in [3.63, 3.8) is 0 Å². The summed E-state index contributed by atoms with van der Waals surface area (Å²) in [5.74, 6) is 2.39. The van der Waals surface area contributed by atoms with E-state index in [9.17, 15) is 10.2 Å². The molecular formula is C9H11N3O4. The van der Waals surface area contributed by atoms with Crippen LogP contribution in [0.15, 0.2) is 6.33 Å². The predicted octanol–water partition coefficient (Wildman–Crippen LogP) is -2.13. The molecule has 0 spiro atoms. The summed E-state index contributed by atoms with van der Waals surface area (Å²) in [5.41, 5.74) is 0. The van der Waals surface area contributed by atoms with Gasteiger partial charge in [0.15, 0.2) is 6.23 Å². The van der Waals surface area contributed by atoms with Crippen molar-refractivity contribution in [3.05, 3.63) is 12.2 Å². The molecule has 7 nitrogen and oxygen atoms in total. The van der Waals surface area contributed by atoms with E-state index in [0.717, 1.165) is 0 Å². The quantitative estimate of drug-likeness (QED) is 0.497. The standard InChI is InChI=1S/C9H11N3O4/c1-2-6-10-4-12(11-6)9-8(15)7(14)5(3-13)16-9/h1,4-5,7-9,13-15H,3H2/t5-,7?,8?,9-/m1/s1. The number of aromatic nitrogens is 3. The summed E-state index contributed by atoms with van der Waals surface area (Å²) in [4.78, 5) is 3.77. The Morgan fingerprint density at radius 1 is 1.50 bits per heavy atom. The number of hydrogen-bond acceptors (Lipinski definition) is 6. The Labute approximate surface area is 91.3 Å². The minimum absolute atomic E-state index is 0.165. The van der Waals surface area contributed by atoms with E-state index in [1.165, 1.54) is 11.0 Å². The number of nitrogens with zero attached hydrogens (tertiary/aromatic N) is 3. The fourth-order valence-electron chi connectivity index (χ4n) is 1.56. The second kappa shape index (κ2) is 4.19. The maximum Gasteiger partial charge on any atom is 0.225 e. The summed E-state index contributed by atoms with van der Waals surface area (Å²) in [6, 6.07) is 0. The van der Waals surface area contributed by atoms with Gasteiger partial charge in [-0.1, -0.05) is 0 Å². The van der Waals surface area contributed by atoms with Gasteiger partial charge in [0.05, 0.1) is 6.61 Å². The molecule has 2 heterocycles. The Bertz CT molecular complexity index is 413. The van der Waals surface area contributed by atoms with Gasteiger partial charge < -0.3 is 20.1 Å². The number of hydrogen-bond donors (Lipinski definition) is 3. The minimum Gasteiger partial charge on any atom is -0.394 e. The lowest BCUT2D eigenvalue weighted by molar-refractivity contribution is -0.0588. The first-order valence-electron chi connectivity index (χ1n) is 4.67. The van der Waals surface area contributed by atoms with Crippen molar-refractivity contribution in [1.29, 1.82) is 0 Å². The molecule has 1 saturated heterocycles. The molecule has 0 bridgehead atoms. The van der Waals surface area contributed by atoms with Crippen LogP contribution in [0.2, 0.25) is 0 Å². The molecule has 0 aliphatic carbocycles. The van der Waals surface area contributed by atoms with Crippen molar-refractivity contribution in [2.75, 3.05) is 6.61 Å². The third kappa shape index (κ3) is 1.68. The molecule has 0 radical (unpaired) electrons. The topological polar surface area (TPSA) is 101 Å². The lowest BCUT2D eigenvalue weighted by Crippen LogP contribution is -2.33. The van der Waals surface area contributed by atoms with Crippen molar-refractivity contribution < 1.29 is 20.1 Å². The van der Waals surface area contributed by atoms with Crippen molar-refractivity contribution in [2.45, 2.75) is 24.5 Å². The zero-order valence-corrected chi connectivity index (χ0v) is 8.26. The van der Waals surface area contributed by atoms with E-state index in [2.05, 4.69) is 16.0 Å². The van der Waals surface area contributed by atoms with Crippen LogP contribution in [-0.2, 0) is 4.74 Å². The average molecular weight is 225 g/mol. The molecule has 1 aliphatic rings. The number of aliphatic hydroxyl groups is 3. The van der Waals surface area contributed by atoms with Gasteiger partial charge in [-0.2, -0.15) is 0 Å². The largest absolute Gasteiger partial charge is 0.394 e. The molecule has 1 aromatic heterocycles. The van der Waals surface area contributed by atoms with Gasteiger partial charge in [0, 0.05) is 0 Å². The highest BCUT2D eigenvalue weighted by Crippen LogP contribution is 2.28. The van der Waals surface area contributed by atoms with Gasteiger partial charge >= 0.3 is 0 Å². The molecule has 16 heavy (non-hydrogen) atoms. The van der Waals surface area contributed by atoms with E-state index in [1.54, 1.807) is 0 Å². The van der Waals surface area contributed by atoms with Crippen LogP contribution in [0, 0.1) is 12.3 Å². The summed E-state index contributed by atoms with van der Waals surface area (Å²) in [6.45, 7) is -0.384. The fourth-order valence-corrected chi connectivity index (χ4v) is 1.56. The smallest absolute Gasteiger partial charge is 0.225 e. The highest BCUT2D eigenvalue weighted by atomic mass is 16.6. The van der Waals surface area contributed by atoms with E-state index in [4.69, 9.17) is 16.3 Å². The zero-order chi connectivity index (χ0) is 11.7. The summed E-state index contributed by atoms with van der Waals surface area (Å²) < 4.78 is 6.44. The number of aliphatic hydroxyl groups excluding tert-OH is 3. The summed E-state index contributed by atoms with van der Waals surface area (Å²) in [5, 5.41) is 31.9. The minimum atomic E-state index is -1.18. The molecule has 4 atom stereocenters. The molecule has 3 N–H and O–H groups in total. The number of rotatable bonds is 2. The van der Waals surface area contributed by atoms with Crippen molar-refractivity contribution in [1.82, 2.24) is 14.8 Å². The Hall–Kier alpha value is -1.46. The summed E-state index contributed by atoms with van der Waals surface area (Å²) in [7, 11) is 0. The average Bonchev–Trinajstić information content (AvgIpc) is 2.86. The Morgan fingerprint density at radius 3 is 2.75 bits per heavy atom. The molecule has 2 unspecified atom stereocenters. The normalized spacial score (nSPS) is 33.9. The first-order chi connectivity index (χ1) is 7.67. The number of terminal acetylenes is 1. The molecule has 1 aromatic rings. The van der Waals surface area contributed by atoms with Crippen molar-refractivity contribution in [3.8, 4) is 12.3 Å². The second-order valence-electron chi connectivity index (χ2n) is 3.42. The van der Waals surface area contributed by atoms with Gasteiger partial charge in [-0.15, -0.1) is 11.5 Å². The molecule has 1 aliphatic heterocycles. The van der Waals surface area contributed by atoms with Crippen molar-refractivity contribution >= 4 is 0 Å². The molecule has 7 heteroatoms. The Morgan fingerprint density at radius 2 is 2.25 bits per heavy atom. The zero-order valence-electron chi connectivity index (χ0n) is 8.26. The molecule has 86 valence electrons. The maximum atomic E-state index is 9.67. The van der Waals surface area contributed by atoms with Crippen LogP contribution in [0.1, 0.15) is 12.1 Å². The third-order valence-electron chi connectivity index (χ3n) is 2.42. The Balaban J connectivity index is 2.20. The lowest BCUT2D eigenvalue weighted by Gasteiger charge is -2.13. The van der Waals surface area contributed by atoms with Gasteiger partial charge in [0.2, 0.25) is 5.82 Å². The van der Waals surface area contributed by atoms with Crippen LogP contribution in [-0.4, -0.2) is 55.0 Å². The van der Waals surface area contributed by atoms with E-state index in [1.807, 2.05) is 0 Å². The van der Waals surface area contributed by atoms with Crippen molar-refractivity contribution in [2.24, 2.45) is 0 Å². The van der Waals surface area contributed by atoms with E-state index < -0.39 is 24.5 Å². The van der Waals surface area contributed by atoms with Crippen LogP contribution in [0.4, 0.5) is 0 Å². The van der Waals surface area contributed by atoms with E-state index in [-0.39, 0.29) is 12.4 Å². The van der Waals surface area contributed by atoms with Gasteiger partial charge in [0.25, 0.3) is 0 Å². The highest BCUT2D eigenvalue weighted by Gasteiger charge is 2.43. The first-order valence-corrected chi connectivity index (χ1v) is 4.67. The van der Waals surface area contributed by atoms with Gasteiger partial charge in [0.1, 0.15) is 24.6 Å². The van der Waals surface area contributed by atoms with Crippen LogP contribution >= 0.6 is 0 Å². The monoisotopic (exact) mass is 225 g/mol. The number of ether oxygens (including phenoxy) is 1. The SMILES string of the molecule is C#Cc1ncn([C@@H]2O[C@H](CO)C(O)C2O)n1. The lowest BCUT2D eigenvalue weighted by atomic mass is 10.1. The molecule has 0 aromatic carbocycles. The summed E-state index contributed by atoms with van der Waals surface area (Å²) >= 11 is 0. The van der Waals surface area contributed by atoms with Gasteiger partial charge in [-0.05, 0) is 5.92 Å². The maximum absolute atomic E-state index is 9.67. The van der Waals surface area contributed by atoms with Crippen LogP contribution in [0.5, 0.6) is 0 Å². The third-order valence-corrected chi connectivity index (χ3v) is 2.42. The molecule has 2 rings (SSSR count). The van der Waals surface area contributed by atoms with Crippen LogP contribution < -0.4 is 0 Å². The molecular weight excluding hydrogens is 214 g/mol. The Kier molecular flexibility index (Phi) is 2.89.